The van der Waals surface area contributed by atoms with Crippen LogP contribution in [0.1, 0.15) is 12.5 Å². The highest BCUT2D eigenvalue weighted by Gasteiger charge is 2.07. The highest BCUT2D eigenvalue weighted by molar-refractivity contribution is 6.43. The van der Waals surface area contributed by atoms with E-state index < -0.39 is 5.91 Å². The van der Waals surface area contributed by atoms with Gasteiger partial charge in [0.1, 0.15) is 0 Å². The first-order valence-electron chi connectivity index (χ1n) is 6.87. The van der Waals surface area contributed by atoms with Crippen molar-refractivity contribution in [3.8, 4) is 0 Å². The standard InChI is InChI=1S/C17H13Cl3N2O2/c1-10(23)21-12-6-7-13(18)15(9-12)22-16(24)8-5-11-3-2-4-14(19)17(11)20/h2-9H,1H3,(H,21,23)(H,22,24). The number of anilines is 2. The molecule has 0 saturated heterocycles. The maximum Gasteiger partial charge on any atom is 0.248 e. The fraction of sp³-hybridized carbons (Fsp3) is 0.0588. The molecule has 0 heterocycles. The maximum atomic E-state index is 12.0. The molecule has 0 atom stereocenters. The van der Waals surface area contributed by atoms with Crippen molar-refractivity contribution in [1.82, 2.24) is 0 Å². The number of hydrogen-bond donors (Lipinski definition) is 2. The fourth-order valence-electron chi connectivity index (χ4n) is 1.89. The van der Waals surface area contributed by atoms with E-state index in [0.717, 1.165) is 0 Å². The van der Waals surface area contributed by atoms with Crippen LogP contribution in [0, 0.1) is 0 Å². The van der Waals surface area contributed by atoms with Crippen molar-refractivity contribution in [3.05, 3.63) is 63.1 Å². The Bertz CT molecular complexity index is 819. The first-order valence-corrected chi connectivity index (χ1v) is 8.00. The molecule has 4 nitrogen and oxygen atoms in total. The third kappa shape index (κ3) is 4.99. The lowest BCUT2D eigenvalue weighted by molar-refractivity contribution is -0.114. The van der Waals surface area contributed by atoms with Crippen molar-refractivity contribution in [1.29, 1.82) is 0 Å². The second-order valence-corrected chi connectivity index (χ2v) is 6.03. The molecule has 0 aliphatic heterocycles. The molecule has 7 heteroatoms. The number of rotatable bonds is 4. The fourth-order valence-corrected chi connectivity index (χ4v) is 2.43. The third-order valence-corrected chi connectivity index (χ3v) is 4.10. The van der Waals surface area contributed by atoms with Gasteiger partial charge in [-0.2, -0.15) is 0 Å². The van der Waals surface area contributed by atoms with Crippen molar-refractivity contribution < 1.29 is 9.59 Å². The zero-order valence-electron chi connectivity index (χ0n) is 12.6. The van der Waals surface area contributed by atoms with Crippen molar-refractivity contribution in [3.63, 3.8) is 0 Å². The summed E-state index contributed by atoms with van der Waals surface area (Å²) < 4.78 is 0. The van der Waals surface area contributed by atoms with E-state index in [0.29, 0.717) is 32.0 Å². The average molecular weight is 384 g/mol. The second kappa shape index (κ2) is 8.20. The van der Waals surface area contributed by atoms with E-state index in [1.54, 1.807) is 42.5 Å². The topological polar surface area (TPSA) is 58.2 Å². The summed E-state index contributed by atoms with van der Waals surface area (Å²) in [6, 6.07) is 9.93. The summed E-state index contributed by atoms with van der Waals surface area (Å²) in [4.78, 5) is 23.1. The zero-order valence-corrected chi connectivity index (χ0v) is 14.8. The molecule has 0 aromatic heterocycles. The Morgan fingerprint density at radius 2 is 1.75 bits per heavy atom. The zero-order chi connectivity index (χ0) is 17.7. The van der Waals surface area contributed by atoms with E-state index >= 15 is 0 Å². The Labute approximate surface area is 154 Å². The Morgan fingerprint density at radius 3 is 2.46 bits per heavy atom. The minimum Gasteiger partial charge on any atom is -0.326 e. The number of amides is 2. The number of benzene rings is 2. The van der Waals surface area contributed by atoms with Crippen LogP contribution >= 0.6 is 34.8 Å². The van der Waals surface area contributed by atoms with Crippen LogP contribution in [0.4, 0.5) is 11.4 Å². The predicted molar refractivity (Wildman–Crippen MR) is 99.9 cm³/mol. The summed E-state index contributed by atoms with van der Waals surface area (Å²) in [7, 11) is 0. The van der Waals surface area contributed by atoms with Crippen LogP contribution in [0.5, 0.6) is 0 Å². The quantitative estimate of drug-likeness (QED) is 0.708. The van der Waals surface area contributed by atoms with E-state index in [1.165, 1.54) is 13.0 Å². The molecule has 0 spiro atoms. The van der Waals surface area contributed by atoms with Crippen LogP contribution in [0.15, 0.2) is 42.5 Å². The smallest absolute Gasteiger partial charge is 0.248 e. The first-order chi connectivity index (χ1) is 11.4. The monoisotopic (exact) mass is 382 g/mol. The largest absolute Gasteiger partial charge is 0.326 e. The Balaban J connectivity index is 2.13. The Kier molecular flexibility index (Phi) is 6.26. The van der Waals surface area contributed by atoms with Crippen LogP contribution in [-0.4, -0.2) is 11.8 Å². The highest BCUT2D eigenvalue weighted by atomic mass is 35.5. The number of carbonyl (C=O) groups excluding carboxylic acids is 2. The van der Waals surface area contributed by atoms with Crippen LogP contribution in [0.2, 0.25) is 15.1 Å². The number of nitrogens with one attached hydrogen (secondary N) is 2. The molecule has 2 aromatic rings. The van der Waals surface area contributed by atoms with E-state index in [-0.39, 0.29) is 5.91 Å². The Morgan fingerprint density at radius 1 is 1.00 bits per heavy atom. The van der Waals surface area contributed by atoms with E-state index in [2.05, 4.69) is 10.6 Å². The molecule has 2 rings (SSSR count). The van der Waals surface area contributed by atoms with Gasteiger partial charge < -0.3 is 10.6 Å². The summed E-state index contributed by atoms with van der Waals surface area (Å²) in [5.41, 5.74) is 1.54. The summed E-state index contributed by atoms with van der Waals surface area (Å²) in [5.74, 6) is -0.613. The molecule has 0 fully saturated rings. The van der Waals surface area contributed by atoms with E-state index in [9.17, 15) is 9.59 Å². The molecule has 0 saturated carbocycles. The lowest BCUT2D eigenvalue weighted by Crippen LogP contribution is -2.10. The van der Waals surface area contributed by atoms with Gasteiger partial charge in [-0.1, -0.05) is 46.9 Å². The van der Waals surface area contributed by atoms with Crippen LogP contribution < -0.4 is 10.6 Å². The second-order valence-electron chi connectivity index (χ2n) is 4.84. The molecule has 2 amide bonds. The van der Waals surface area contributed by atoms with Gasteiger partial charge in [-0.05, 0) is 35.9 Å². The van der Waals surface area contributed by atoms with Gasteiger partial charge in [-0.3, -0.25) is 9.59 Å². The molecule has 2 N–H and O–H groups in total. The third-order valence-electron chi connectivity index (χ3n) is 2.94. The summed E-state index contributed by atoms with van der Waals surface area (Å²) in [6.07, 6.45) is 2.87. The SMILES string of the molecule is CC(=O)Nc1ccc(Cl)c(NC(=O)C=Cc2cccc(Cl)c2Cl)c1. The van der Waals surface area contributed by atoms with Gasteiger partial charge in [0.25, 0.3) is 0 Å². The number of halogens is 3. The normalized spacial score (nSPS) is 10.7. The summed E-state index contributed by atoms with van der Waals surface area (Å²) in [5, 5.41) is 6.39. The molecule has 0 aliphatic rings. The maximum absolute atomic E-state index is 12.0. The number of carbonyl (C=O) groups is 2. The Hall–Kier alpha value is -2.01. The molecule has 0 unspecified atom stereocenters. The van der Waals surface area contributed by atoms with Crippen LogP contribution in [0.25, 0.3) is 6.08 Å². The van der Waals surface area contributed by atoms with Gasteiger partial charge in [0, 0.05) is 18.7 Å². The van der Waals surface area contributed by atoms with Crippen molar-refractivity contribution in [2.75, 3.05) is 10.6 Å². The predicted octanol–water partition coefficient (Wildman–Crippen LogP) is 5.26. The van der Waals surface area contributed by atoms with Gasteiger partial charge in [0.05, 0.1) is 20.8 Å². The minimum atomic E-state index is -0.395. The molecular weight excluding hydrogens is 371 g/mol. The molecule has 2 aromatic carbocycles. The molecule has 0 radical (unpaired) electrons. The molecule has 124 valence electrons. The number of hydrogen-bond acceptors (Lipinski definition) is 2. The van der Waals surface area contributed by atoms with Crippen LogP contribution in [0.3, 0.4) is 0 Å². The van der Waals surface area contributed by atoms with Crippen molar-refractivity contribution in [2.45, 2.75) is 6.92 Å². The molecule has 0 bridgehead atoms. The summed E-state index contributed by atoms with van der Waals surface area (Å²) in [6.45, 7) is 1.39. The van der Waals surface area contributed by atoms with Gasteiger partial charge >= 0.3 is 0 Å². The van der Waals surface area contributed by atoms with Crippen molar-refractivity contribution >= 4 is 64.1 Å². The molecule has 0 aliphatic carbocycles. The van der Waals surface area contributed by atoms with Gasteiger partial charge in [-0.25, -0.2) is 0 Å². The van der Waals surface area contributed by atoms with Crippen LogP contribution in [-0.2, 0) is 9.59 Å². The lowest BCUT2D eigenvalue weighted by atomic mass is 10.2. The van der Waals surface area contributed by atoms with Crippen molar-refractivity contribution in [2.24, 2.45) is 0 Å². The lowest BCUT2D eigenvalue weighted by Gasteiger charge is -2.08. The molecule has 24 heavy (non-hydrogen) atoms. The van der Waals surface area contributed by atoms with Gasteiger partial charge in [0.2, 0.25) is 11.8 Å². The van der Waals surface area contributed by atoms with E-state index in [4.69, 9.17) is 34.8 Å². The first kappa shape index (κ1) is 18.3. The molecular formula is C17H13Cl3N2O2. The van der Waals surface area contributed by atoms with Gasteiger partial charge in [-0.15, -0.1) is 0 Å². The highest BCUT2D eigenvalue weighted by Crippen LogP contribution is 2.27. The van der Waals surface area contributed by atoms with Gasteiger partial charge in [0.15, 0.2) is 0 Å². The van der Waals surface area contributed by atoms with E-state index in [1.807, 2.05) is 0 Å². The average Bonchev–Trinajstić information content (AvgIpc) is 2.51. The summed E-state index contributed by atoms with van der Waals surface area (Å²) >= 11 is 18.0. The minimum absolute atomic E-state index is 0.218.